The molecule has 2 heterocycles. The second-order valence-electron chi connectivity index (χ2n) is 3.59. The third kappa shape index (κ3) is 1.19. The minimum absolute atomic E-state index is 0.470. The summed E-state index contributed by atoms with van der Waals surface area (Å²) in [6, 6.07) is 0.470. The lowest BCUT2D eigenvalue weighted by Gasteiger charge is -2.10. The zero-order valence-corrected chi connectivity index (χ0v) is 7.67. The number of nitrogens with zero attached hydrogens (tertiary/aromatic N) is 2. The first-order valence-corrected chi connectivity index (χ1v) is 4.59. The van der Waals surface area contributed by atoms with E-state index in [9.17, 15) is 0 Å². The maximum Gasteiger partial charge on any atom is 0.0856 e. The Kier molecular flexibility index (Phi) is 1.79. The summed E-state index contributed by atoms with van der Waals surface area (Å²) < 4.78 is 2.03. The highest BCUT2D eigenvalue weighted by atomic mass is 15.3. The zero-order valence-electron chi connectivity index (χ0n) is 7.67. The molecule has 12 heavy (non-hydrogen) atoms. The third-order valence-corrected chi connectivity index (χ3v) is 2.24. The Morgan fingerprint density at radius 2 is 2.42 bits per heavy atom. The minimum atomic E-state index is 0.470. The van der Waals surface area contributed by atoms with Crippen LogP contribution in [0.4, 0.5) is 5.69 Å². The van der Waals surface area contributed by atoms with Crippen molar-refractivity contribution >= 4 is 5.69 Å². The van der Waals surface area contributed by atoms with Crippen LogP contribution in [0.3, 0.4) is 0 Å². The average Bonchev–Trinajstić information content (AvgIpc) is 2.46. The Labute approximate surface area is 72.8 Å². The van der Waals surface area contributed by atoms with Crippen LogP contribution in [-0.2, 0) is 6.42 Å². The number of nitrogens with one attached hydrogen (secondary N) is 1. The highest BCUT2D eigenvalue weighted by molar-refractivity contribution is 5.48. The Morgan fingerprint density at radius 3 is 3.08 bits per heavy atom. The van der Waals surface area contributed by atoms with Gasteiger partial charge in [0.2, 0.25) is 0 Å². The maximum absolute atomic E-state index is 4.50. The summed E-state index contributed by atoms with van der Waals surface area (Å²) in [5, 5.41) is 7.86. The molecule has 0 saturated heterocycles. The fourth-order valence-electron chi connectivity index (χ4n) is 1.50. The number of aryl methyl sites for hydroxylation is 1. The van der Waals surface area contributed by atoms with Crippen molar-refractivity contribution in [1.82, 2.24) is 9.78 Å². The lowest BCUT2D eigenvalue weighted by Crippen LogP contribution is -2.10. The summed E-state index contributed by atoms with van der Waals surface area (Å²) in [6.45, 7) is 5.40. The van der Waals surface area contributed by atoms with Gasteiger partial charge in [-0.3, -0.25) is 4.68 Å². The molecular weight excluding hydrogens is 150 g/mol. The fraction of sp³-hybridized carbons (Fsp3) is 0.667. The molecule has 0 saturated carbocycles. The van der Waals surface area contributed by atoms with E-state index in [1.165, 1.54) is 17.8 Å². The molecular formula is C9H15N3. The monoisotopic (exact) mass is 165 g/mol. The molecule has 3 nitrogen and oxygen atoms in total. The Bertz CT molecular complexity index is 252. The van der Waals surface area contributed by atoms with Gasteiger partial charge in [-0.15, -0.1) is 0 Å². The molecule has 1 aromatic rings. The van der Waals surface area contributed by atoms with E-state index in [4.69, 9.17) is 0 Å². The largest absolute Gasteiger partial charge is 0.382 e. The van der Waals surface area contributed by atoms with Crippen LogP contribution < -0.4 is 5.32 Å². The van der Waals surface area contributed by atoms with Gasteiger partial charge < -0.3 is 5.32 Å². The summed E-state index contributed by atoms with van der Waals surface area (Å²) in [5.74, 6) is 0. The van der Waals surface area contributed by atoms with Crippen molar-refractivity contribution in [2.75, 3.05) is 11.9 Å². The van der Waals surface area contributed by atoms with Crippen LogP contribution in [0.15, 0.2) is 6.20 Å². The number of rotatable bonds is 1. The van der Waals surface area contributed by atoms with E-state index in [0.717, 1.165) is 13.0 Å². The van der Waals surface area contributed by atoms with Gasteiger partial charge in [0.15, 0.2) is 0 Å². The van der Waals surface area contributed by atoms with Crippen molar-refractivity contribution < 1.29 is 0 Å². The molecule has 1 N–H and O–H groups in total. The van der Waals surface area contributed by atoms with E-state index in [1.807, 2.05) is 4.68 Å². The molecule has 1 aliphatic heterocycles. The molecule has 3 heteroatoms. The number of hydrogen-bond acceptors (Lipinski definition) is 2. The topological polar surface area (TPSA) is 29.9 Å². The lowest BCUT2D eigenvalue weighted by atomic mass is 10.1. The normalized spacial score (nSPS) is 15.9. The van der Waals surface area contributed by atoms with Gasteiger partial charge >= 0.3 is 0 Å². The number of anilines is 1. The molecule has 0 fully saturated rings. The Morgan fingerprint density at radius 1 is 1.58 bits per heavy atom. The first kappa shape index (κ1) is 7.65. The van der Waals surface area contributed by atoms with Crippen molar-refractivity contribution in [3.63, 3.8) is 0 Å². The summed E-state index contributed by atoms with van der Waals surface area (Å²) in [5.41, 5.74) is 2.46. The molecule has 0 amide bonds. The Balaban J connectivity index is 2.32. The number of aromatic nitrogens is 2. The molecule has 0 unspecified atom stereocenters. The summed E-state index contributed by atoms with van der Waals surface area (Å²) in [6.07, 6.45) is 4.45. The first-order chi connectivity index (χ1) is 5.77. The SMILES string of the molecule is CC(C)n1cc2c(n1)CCCN2. The van der Waals surface area contributed by atoms with Gasteiger partial charge in [0, 0.05) is 18.8 Å². The smallest absolute Gasteiger partial charge is 0.0856 e. The molecule has 0 bridgehead atoms. The van der Waals surface area contributed by atoms with Crippen LogP contribution in [0.5, 0.6) is 0 Å². The van der Waals surface area contributed by atoms with Crippen LogP contribution in [0.25, 0.3) is 0 Å². The molecule has 1 aromatic heterocycles. The van der Waals surface area contributed by atoms with E-state index < -0.39 is 0 Å². The van der Waals surface area contributed by atoms with Crippen molar-refractivity contribution in [2.24, 2.45) is 0 Å². The zero-order chi connectivity index (χ0) is 8.55. The van der Waals surface area contributed by atoms with Crippen molar-refractivity contribution in [3.05, 3.63) is 11.9 Å². The highest BCUT2D eigenvalue weighted by Crippen LogP contribution is 2.21. The molecule has 1 aliphatic rings. The van der Waals surface area contributed by atoms with E-state index >= 15 is 0 Å². The molecule has 0 radical (unpaired) electrons. The standard InChI is InChI=1S/C9H15N3/c1-7(2)12-6-9-8(11-12)4-3-5-10-9/h6-7,10H,3-5H2,1-2H3. The molecule has 0 aliphatic carbocycles. The van der Waals surface area contributed by atoms with Crippen LogP contribution in [0.1, 0.15) is 32.0 Å². The third-order valence-electron chi connectivity index (χ3n) is 2.24. The van der Waals surface area contributed by atoms with E-state index in [0.29, 0.717) is 6.04 Å². The molecule has 0 spiro atoms. The number of fused-ring (bicyclic) bond motifs is 1. The molecule has 2 rings (SSSR count). The van der Waals surface area contributed by atoms with Gasteiger partial charge in [-0.05, 0) is 26.7 Å². The van der Waals surface area contributed by atoms with Gasteiger partial charge in [-0.2, -0.15) is 5.10 Å². The van der Waals surface area contributed by atoms with Crippen LogP contribution in [0.2, 0.25) is 0 Å². The van der Waals surface area contributed by atoms with E-state index in [1.54, 1.807) is 0 Å². The second-order valence-corrected chi connectivity index (χ2v) is 3.59. The molecule has 66 valence electrons. The molecule has 0 atom stereocenters. The summed E-state index contributed by atoms with van der Waals surface area (Å²) in [4.78, 5) is 0. The van der Waals surface area contributed by atoms with Crippen molar-refractivity contribution in [3.8, 4) is 0 Å². The van der Waals surface area contributed by atoms with Gasteiger partial charge in [-0.25, -0.2) is 0 Å². The number of hydrogen-bond donors (Lipinski definition) is 1. The van der Waals surface area contributed by atoms with E-state index in [2.05, 4.69) is 30.5 Å². The van der Waals surface area contributed by atoms with Crippen molar-refractivity contribution in [1.29, 1.82) is 0 Å². The van der Waals surface area contributed by atoms with Crippen LogP contribution >= 0.6 is 0 Å². The quantitative estimate of drug-likeness (QED) is 0.688. The fourth-order valence-corrected chi connectivity index (χ4v) is 1.50. The Hall–Kier alpha value is -0.990. The lowest BCUT2D eigenvalue weighted by molar-refractivity contribution is 0.526. The maximum atomic E-state index is 4.50. The van der Waals surface area contributed by atoms with Gasteiger partial charge in [-0.1, -0.05) is 0 Å². The van der Waals surface area contributed by atoms with Gasteiger partial charge in [0.05, 0.1) is 11.4 Å². The summed E-state index contributed by atoms with van der Waals surface area (Å²) in [7, 11) is 0. The van der Waals surface area contributed by atoms with Crippen LogP contribution in [-0.4, -0.2) is 16.3 Å². The molecule has 0 aromatic carbocycles. The van der Waals surface area contributed by atoms with Gasteiger partial charge in [0.25, 0.3) is 0 Å². The van der Waals surface area contributed by atoms with Crippen molar-refractivity contribution in [2.45, 2.75) is 32.7 Å². The summed E-state index contributed by atoms with van der Waals surface area (Å²) >= 11 is 0. The van der Waals surface area contributed by atoms with Gasteiger partial charge in [0.1, 0.15) is 0 Å². The highest BCUT2D eigenvalue weighted by Gasteiger charge is 2.13. The first-order valence-electron chi connectivity index (χ1n) is 4.59. The second kappa shape index (κ2) is 2.81. The minimum Gasteiger partial charge on any atom is -0.382 e. The van der Waals surface area contributed by atoms with E-state index in [-0.39, 0.29) is 0 Å². The predicted octanol–water partition coefficient (Wildman–Crippen LogP) is 1.82. The predicted molar refractivity (Wildman–Crippen MR) is 49.4 cm³/mol. The van der Waals surface area contributed by atoms with Crippen LogP contribution in [0, 0.1) is 0 Å². The average molecular weight is 165 g/mol.